The lowest BCUT2D eigenvalue weighted by Gasteiger charge is -2.41. The van der Waals surface area contributed by atoms with Gasteiger partial charge in [-0.15, -0.1) is 0 Å². The molecule has 90 valence electrons. The Bertz CT molecular complexity index is 318. The molecule has 1 heterocycles. The molecule has 5 heteroatoms. The number of piperidine rings is 1. The topological polar surface area (TPSA) is 57.6 Å². The lowest BCUT2D eigenvalue weighted by Crippen LogP contribution is -2.49. The van der Waals surface area contributed by atoms with Crippen molar-refractivity contribution in [2.75, 3.05) is 19.3 Å². The summed E-state index contributed by atoms with van der Waals surface area (Å²) in [5.41, 5.74) is 0.0308. The van der Waals surface area contributed by atoms with Crippen molar-refractivity contribution in [3.8, 4) is 0 Å². The zero-order valence-corrected chi connectivity index (χ0v) is 10.7. The summed E-state index contributed by atoms with van der Waals surface area (Å²) in [6.07, 6.45) is 1.38. The largest absolute Gasteiger partial charge is 0.391 e. The first kappa shape index (κ1) is 12.9. The summed E-state index contributed by atoms with van der Waals surface area (Å²) >= 11 is 0. The number of rotatable bonds is 1. The van der Waals surface area contributed by atoms with Crippen LogP contribution in [0.1, 0.15) is 27.2 Å². The van der Waals surface area contributed by atoms with E-state index in [0.717, 1.165) is 6.42 Å². The second-order valence-corrected chi connectivity index (χ2v) is 7.43. The fraction of sp³-hybridized carbons (Fsp3) is 1.00. The van der Waals surface area contributed by atoms with Crippen molar-refractivity contribution in [2.24, 2.45) is 11.3 Å². The van der Waals surface area contributed by atoms with Crippen LogP contribution in [0.3, 0.4) is 0 Å². The maximum Gasteiger partial charge on any atom is 0.211 e. The summed E-state index contributed by atoms with van der Waals surface area (Å²) in [5, 5.41) is 9.93. The molecule has 0 aliphatic carbocycles. The Morgan fingerprint density at radius 2 is 1.87 bits per heavy atom. The molecule has 0 radical (unpaired) electrons. The van der Waals surface area contributed by atoms with Gasteiger partial charge in [-0.1, -0.05) is 20.8 Å². The van der Waals surface area contributed by atoms with Crippen LogP contribution in [0.5, 0.6) is 0 Å². The number of nitrogens with zero attached hydrogens (tertiary/aromatic N) is 1. The molecule has 0 aromatic rings. The third-order valence-corrected chi connectivity index (χ3v) is 4.40. The quantitative estimate of drug-likeness (QED) is 0.727. The summed E-state index contributed by atoms with van der Waals surface area (Å²) in [6.45, 7) is 7.00. The maximum absolute atomic E-state index is 11.3. The highest BCUT2D eigenvalue weighted by atomic mass is 32.2. The summed E-state index contributed by atoms with van der Waals surface area (Å²) in [5.74, 6) is 0.176. The fourth-order valence-corrected chi connectivity index (χ4v) is 3.07. The molecule has 2 atom stereocenters. The van der Waals surface area contributed by atoms with E-state index in [2.05, 4.69) is 20.8 Å². The van der Waals surface area contributed by atoms with E-state index in [4.69, 9.17) is 0 Å². The van der Waals surface area contributed by atoms with Crippen molar-refractivity contribution >= 4 is 10.0 Å². The Labute approximate surface area is 92.3 Å². The zero-order valence-electron chi connectivity index (χ0n) is 9.90. The van der Waals surface area contributed by atoms with Crippen molar-refractivity contribution < 1.29 is 13.5 Å². The van der Waals surface area contributed by atoms with E-state index in [1.165, 1.54) is 10.6 Å². The number of aliphatic hydroxyl groups excluding tert-OH is 1. The maximum atomic E-state index is 11.3. The fourth-order valence-electron chi connectivity index (χ4n) is 2.21. The van der Waals surface area contributed by atoms with Gasteiger partial charge in [0, 0.05) is 13.1 Å². The lowest BCUT2D eigenvalue weighted by atomic mass is 9.74. The van der Waals surface area contributed by atoms with E-state index in [0.29, 0.717) is 6.54 Å². The molecular weight excluding hydrogens is 214 g/mol. The lowest BCUT2D eigenvalue weighted by molar-refractivity contribution is -0.00193. The molecule has 0 aromatic heterocycles. The van der Waals surface area contributed by atoms with Gasteiger partial charge in [0.2, 0.25) is 10.0 Å². The average Bonchev–Trinajstić information content (AvgIpc) is 1.99. The Kier molecular flexibility index (Phi) is 3.48. The first-order valence-corrected chi connectivity index (χ1v) is 7.10. The Balaban J connectivity index is 2.72. The summed E-state index contributed by atoms with van der Waals surface area (Å²) in [7, 11) is -3.15. The van der Waals surface area contributed by atoms with Gasteiger partial charge in [0.1, 0.15) is 0 Å². The summed E-state index contributed by atoms with van der Waals surface area (Å²) < 4.78 is 24.0. The second-order valence-electron chi connectivity index (χ2n) is 5.45. The van der Waals surface area contributed by atoms with E-state index < -0.39 is 16.1 Å². The number of hydrogen-bond donors (Lipinski definition) is 1. The number of aliphatic hydroxyl groups is 1. The van der Waals surface area contributed by atoms with Crippen LogP contribution in [0.4, 0.5) is 0 Å². The van der Waals surface area contributed by atoms with Gasteiger partial charge >= 0.3 is 0 Å². The monoisotopic (exact) mass is 235 g/mol. The third-order valence-electron chi connectivity index (χ3n) is 3.13. The Morgan fingerprint density at radius 3 is 2.20 bits per heavy atom. The predicted octanol–water partition coefficient (Wildman–Crippen LogP) is 0.675. The van der Waals surface area contributed by atoms with Gasteiger partial charge in [-0.05, 0) is 17.8 Å². The van der Waals surface area contributed by atoms with Crippen molar-refractivity contribution in [2.45, 2.75) is 33.3 Å². The highest BCUT2D eigenvalue weighted by Crippen LogP contribution is 2.34. The van der Waals surface area contributed by atoms with Gasteiger partial charge in [0.25, 0.3) is 0 Å². The van der Waals surface area contributed by atoms with E-state index in [1.54, 1.807) is 0 Å². The molecule has 0 unspecified atom stereocenters. The molecule has 0 spiro atoms. The van der Waals surface area contributed by atoms with E-state index >= 15 is 0 Å². The van der Waals surface area contributed by atoms with E-state index in [9.17, 15) is 13.5 Å². The van der Waals surface area contributed by atoms with Crippen LogP contribution in [-0.4, -0.2) is 43.3 Å². The van der Waals surface area contributed by atoms with Gasteiger partial charge in [-0.2, -0.15) is 4.31 Å². The molecule has 1 fully saturated rings. The standard InChI is InChI=1S/C10H21NO3S/c1-10(2,3)8-5-6-11(7-9(8)12)15(4,13)14/h8-9,12H,5-7H2,1-4H3/t8-,9-/m1/s1. The molecule has 1 saturated heterocycles. The SMILES string of the molecule is CC(C)(C)[C@@H]1CCN(S(C)(=O)=O)C[C@H]1O. The van der Waals surface area contributed by atoms with Crippen LogP contribution in [0, 0.1) is 11.3 Å². The molecule has 1 aliphatic heterocycles. The van der Waals surface area contributed by atoms with Crippen LogP contribution >= 0.6 is 0 Å². The minimum atomic E-state index is -3.15. The van der Waals surface area contributed by atoms with Gasteiger partial charge in [-0.25, -0.2) is 8.42 Å². The number of hydrogen-bond acceptors (Lipinski definition) is 3. The van der Waals surface area contributed by atoms with Gasteiger partial charge in [0.05, 0.1) is 12.4 Å². The zero-order chi connectivity index (χ0) is 11.9. The van der Waals surface area contributed by atoms with Crippen molar-refractivity contribution in [3.63, 3.8) is 0 Å². The van der Waals surface area contributed by atoms with Crippen LogP contribution in [-0.2, 0) is 10.0 Å². The van der Waals surface area contributed by atoms with Crippen LogP contribution in [0.2, 0.25) is 0 Å². The minimum absolute atomic E-state index is 0.0308. The molecular formula is C10H21NO3S. The van der Waals surface area contributed by atoms with Crippen molar-refractivity contribution in [1.82, 2.24) is 4.31 Å². The number of sulfonamides is 1. The van der Waals surface area contributed by atoms with Crippen molar-refractivity contribution in [3.05, 3.63) is 0 Å². The minimum Gasteiger partial charge on any atom is -0.391 e. The molecule has 1 N–H and O–H groups in total. The molecule has 0 aromatic carbocycles. The molecule has 0 saturated carbocycles. The normalized spacial score (nSPS) is 30.5. The first-order valence-electron chi connectivity index (χ1n) is 5.25. The van der Waals surface area contributed by atoms with Crippen LogP contribution < -0.4 is 0 Å². The van der Waals surface area contributed by atoms with Crippen LogP contribution in [0.15, 0.2) is 0 Å². The molecule has 4 nitrogen and oxygen atoms in total. The molecule has 0 bridgehead atoms. The van der Waals surface area contributed by atoms with Crippen LogP contribution in [0.25, 0.3) is 0 Å². The van der Waals surface area contributed by atoms with Crippen molar-refractivity contribution in [1.29, 1.82) is 0 Å². The second kappa shape index (κ2) is 4.03. The Hall–Kier alpha value is -0.130. The van der Waals surface area contributed by atoms with Gasteiger partial charge in [0.15, 0.2) is 0 Å². The van der Waals surface area contributed by atoms with E-state index in [-0.39, 0.29) is 17.9 Å². The number of β-amino-alcohol motifs (C(OH)–C–C–N with tert-alkyl or cyclic N) is 1. The van der Waals surface area contributed by atoms with Gasteiger partial charge in [-0.3, -0.25) is 0 Å². The first-order chi connectivity index (χ1) is 6.62. The molecule has 15 heavy (non-hydrogen) atoms. The summed E-state index contributed by atoms with van der Waals surface area (Å²) in [6, 6.07) is 0. The smallest absolute Gasteiger partial charge is 0.211 e. The predicted molar refractivity (Wildman–Crippen MR) is 60.0 cm³/mol. The molecule has 1 rings (SSSR count). The summed E-state index contributed by atoms with van der Waals surface area (Å²) in [4.78, 5) is 0. The molecule has 0 amide bonds. The third kappa shape index (κ3) is 3.16. The highest BCUT2D eigenvalue weighted by Gasteiger charge is 2.37. The highest BCUT2D eigenvalue weighted by molar-refractivity contribution is 7.88. The van der Waals surface area contributed by atoms with Gasteiger partial charge < -0.3 is 5.11 Å². The molecule has 1 aliphatic rings. The Morgan fingerprint density at radius 1 is 1.33 bits per heavy atom. The average molecular weight is 235 g/mol. The van der Waals surface area contributed by atoms with E-state index in [1.807, 2.05) is 0 Å².